The van der Waals surface area contributed by atoms with Gasteiger partial charge in [0.05, 0.1) is 42.8 Å². The minimum absolute atomic E-state index is 0.0139. The number of carbonyl (C=O) groups excluding carboxylic acids is 1. The molecule has 0 aliphatic carbocycles. The van der Waals surface area contributed by atoms with Crippen molar-refractivity contribution in [3.8, 4) is 11.8 Å². The molecule has 39 heavy (non-hydrogen) atoms. The number of rotatable bonds is 9. The van der Waals surface area contributed by atoms with E-state index >= 15 is 0 Å². The summed E-state index contributed by atoms with van der Waals surface area (Å²) in [6.07, 6.45) is 2.75. The van der Waals surface area contributed by atoms with Crippen LogP contribution < -0.4 is 15.4 Å². The van der Waals surface area contributed by atoms with Gasteiger partial charge in [-0.15, -0.1) is 0 Å². The van der Waals surface area contributed by atoms with Crippen LogP contribution in [0.15, 0.2) is 24.8 Å². The van der Waals surface area contributed by atoms with Crippen molar-refractivity contribution in [3.05, 3.63) is 46.9 Å². The highest BCUT2D eigenvalue weighted by Crippen LogP contribution is 2.34. The van der Waals surface area contributed by atoms with E-state index in [1.165, 1.54) is 18.2 Å². The van der Waals surface area contributed by atoms with Gasteiger partial charge in [0, 0.05) is 57.0 Å². The molecule has 0 unspecified atom stereocenters. The Balaban J connectivity index is 0.000000403. The largest absolute Gasteiger partial charge is 0.508 e. The fourth-order valence-corrected chi connectivity index (χ4v) is 4.65. The number of aromatic hydroxyl groups is 1. The Morgan fingerprint density at radius 2 is 2.00 bits per heavy atom. The Morgan fingerprint density at radius 1 is 1.28 bits per heavy atom. The average molecular weight is 565 g/mol. The summed E-state index contributed by atoms with van der Waals surface area (Å²) in [6.45, 7) is 14.5. The van der Waals surface area contributed by atoms with Crippen molar-refractivity contribution in [2.75, 3.05) is 69.7 Å². The third-order valence-corrected chi connectivity index (χ3v) is 6.89. The summed E-state index contributed by atoms with van der Waals surface area (Å²) in [5, 5.41) is 9.67. The highest BCUT2D eigenvalue weighted by atomic mass is 35.5. The van der Waals surface area contributed by atoms with Gasteiger partial charge >= 0.3 is 6.01 Å². The molecule has 1 aromatic carbocycles. The third kappa shape index (κ3) is 8.42. The summed E-state index contributed by atoms with van der Waals surface area (Å²) in [5.74, 6) is -0.259. The quantitative estimate of drug-likeness (QED) is 0.349. The summed E-state index contributed by atoms with van der Waals surface area (Å²) >= 11 is 5.88. The number of fused-ring (bicyclic) bond motifs is 1. The molecule has 0 atom stereocenters. The topological polar surface area (TPSA) is 117 Å². The van der Waals surface area contributed by atoms with Crippen LogP contribution in [0.2, 0.25) is 5.02 Å². The number of nitrogens with zero attached hydrogens (tertiary/aromatic N) is 5. The van der Waals surface area contributed by atoms with E-state index in [0.29, 0.717) is 37.6 Å². The molecular formula is C27H38ClFN6O4. The molecule has 3 heterocycles. The number of carbonyl (C=O) groups is 1. The van der Waals surface area contributed by atoms with Gasteiger partial charge in [0.1, 0.15) is 11.6 Å². The molecule has 3 N–H and O–H groups in total. The minimum atomic E-state index is -0.570. The first-order valence-corrected chi connectivity index (χ1v) is 13.6. The average Bonchev–Trinajstić information content (AvgIpc) is 2.94. The van der Waals surface area contributed by atoms with E-state index in [1.807, 2.05) is 13.8 Å². The molecule has 0 bridgehead atoms. The molecular weight excluding hydrogens is 527 g/mol. The number of likely N-dealkylation sites (N-methyl/N-ethyl adjacent to an activating group) is 1. The predicted octanol–water partition coefficient (Wildman–Crippen LogP) is 3.26. The minimum Gasteiger partial charge on any atom is -0.508 e. The number of nitrogen functional groups attached to an aromatic ring is 1. The van der Waals surface area contributed by atoms with Gasteiger partial charge < -0.3 is 30.1 Å². The van der Waals surface area contributed by atoms with E-state index in [2.05, 4.69) is 21.4 Å². The summed E-state index contributed by atoms with van der Waals surface area (Å²) in [7, 11) is 0. The van der Waals surface area contributed by atoms with Gasteiger partial charge in [-0.1, -0.05) is 18.2 Å². The third-order valence-electron chi connectivity index (χ3n) is 6.61. The lowest BCUT2D eigenvalue weighted by molar-refractivity contribution is -0.125. The summed E-state index contributed by atoms with van der Waals surface area (Å²) < 4.78 is 25.6. The summed E-state index contributed by atoms with van der Waals surface area (Å²) in [6, 6.07) is 2.77. The van der Waals surface area contributed by atoms with Crippen LogP contribution in [0, 0.1) is 5.82 Å². The maximum atomic E-state index is 14.5. The van der Waals surface area contributed by atoms with Crippen LogP contribution in [0.25, 0.3) is 0 Å². The second kappa shape index (κ2) is 14.9. The maximum absolute atomic E-state index is 14.5. The number of halogens is 2. The van der Waals surface area contributed by atoms with Crippen LogP contribution in [-0.2, 0) is 22.5 Å². The second-order valence-corrected chi connectivity index (χ2v) is 9.53. The first kappa shape index (κ1) is 30.4. The molecule has 214 valence electrons. The summed E-state index contributed by atoms with van der Waals surface area (Å²) in [4.78, 5) is 25.4. The van der Waals surface area contributed by atoms with Crippen molar-refractivity contribution >= 4 is 29.0 Å². The number of aromatic nitrogens is 2. The second-order valence-electron chi connectivity index (χ2n) is 9.12. The zero-order chi connectivity index (χ0) is 28.4. The number of hydrogen-bond donors (Lipinski definition) is 2. The molecule has 2 aromatic rings. The normalized spacial score (nSPS) is 15.1. The van der Waals surface area contributed by atoms with Crippen molar-refractivity contribution in [1.29, 1.82) is 0 Å². The number of amides is 1. The van der Waals surface area contributed by atoms with E-state index in [1.54, 1.807) is 9.80 Å². The highest BCUT2D eigenvalue weighted by molar-refractivity contribution is 6.31. The Kier molecular flexibility index (Phi) is 11.6. The van der Waals surface area contributed by atoms with E-state index in [4.69, 9.17) is 26.8 Å². The molecule has 0 radical (unpaired) electrons. The molecule has 1 saturated heterocycles. The number of benzene rings is 1. The molecule has 2 aliphatic rings. The van der Waals surface area contributed by atoms with E-state index in [-0.39, 0.29) is 28.4 Å². The lowest BCUT2D eigenvalue weighted by Crippen LogP contribution is -2.37. The molecule has 12 heteroatoms. The first-order valence-electron chi connectivity index (χ1n) is 13.2. The molecule has 1 fully saturated rings. The lowest BCUT2D eigenvalue weighted by Gasteiger charge is -2.31. The Labute approximate surface area is 234 Å². The Bertz CT molecular complexity index is 1130. The number of nitrogens with two attached hydrogens (primary N) is 1. The standard InChI is InChI=1S/C20H25ClFN5O3.C7H13NO/c21-15-10-13(28)11-17(18(15)22)27-4-2-14-16(12-27)24-20(25-19(14)23)30-7-1-3-26-5-8-29-9-6-26;1-4-7(9)8(5-2)6-3/h10-11,28H,1-9,12H2,(H2,23,24,25);4H,1,5-6H2,2-3H3. The Morgan fingerprint density at radius 3 is 2.64 bits per heavy atom. The van der Waals surface area contributed by atoms with Gasteiger partial charge in [0.2, 0.25) is 5.91 Å². The highest BCUT2D eigenvalue weighted by Gasteiger charge is 2.25. The van der Waals surface area contributed by atoms with Gasteiger partial charge in [-0.05, 0) is 32.8 Å². The zero-order valence-electron chi connectivity index (χ0n) is 22.7. The number of phenolic OH excluding ortho intramolecular Hbond substituents is 1. The zero-order valence-corrected chi connectivity index (χ0v) is 23.4. The smallest absolute Gasteiger partial charge is 0.318 e. The number of hydrogen-bond acceptors (Lipinski definition) is 9. The van der Waals surface area contributed by atoms with Gasteiger partial charge in [0.15, 0.2) is 5.82 Å². The first-order chi connectivity index (χ1) is 18.8. The van der Waals surface area contributed by atoms with Gasteiger partial charge in [-0.25, -0.2) is 4.39 Å². The van der Waals surface area contributed by atoms with Gasteiger partial charge in [0.25, 0.3) is 0 Å². The molecule has 1 aromatic heterocycles. The van der Waals surface area contributed by atoms with E-state index < -0.39 is 5.82 Å². The number of anilines is 2. The van der Waals surface area contributed by atoms with Crippen LogP contribution in [0.4, 0.5) is 15.9 Å². The van der Waals surface area contributed by atoms with Crippen molar-refractivity contribution in [2.45, 2.75) is 33.2 Å². The lowest BCUT2D eigenvalue weighted by atomic mass is 10.0. The maximum Gasteiger partial charge on any atom is 0.318 e. The van der Waals surface area contributed by atoms with Crippen LogP contribution in [0.3, 0.4) is 0 Å². The number of ether oxygens (including phenoxy) is 2. The van der Waals surface area contributed by atoms with Crippen molar-refractivity contribution in [1.82, 2.24) is 19.8 Å². The van der Waals surface area contributed by atoms with Crippen LogP contribution in [-0.4, -0.2) is 89.9 Å². The summed E-state index contributed by atoms with van der Waals surface area (Å²) in [5.41, 5.74) is 7.89. The van der Waals surface area contributed by atoms with Crippen molar-refractivity contribution < 1.29 is 23.8 Å². The fraction of sp³-hybridized carbons (Fsp3) is 0.519. The predicted molar refractivity (Wildman–Crippen MR) is 150 cm³/mol. The molecule has 0 saturated carbocycles. The monoisotopic (exact) mass is 564 g/mol. The molecule has 1 amide bonds. The van der Waals surface area contributed by atoms with Crippen LogP contribution >= 0.6 is 11.6 Å². The van der Waals surface area contributed by atoms with Crippen LogP contribution in [0.5, 0.6) is 11.8 Å². The fourth-order valence-electron chi connectivity index (χ4n) is 4.44. The SMILES string of the molecule is C=CC(=O)N(CC)CC.Nc1nc(OCCCN2CCOCC2)nc2c1CCN(c1cc(O)cc(Cl)c1F)C2. The van der Waals surface area contributed by atoms with E-state index in [0.717, 1.165) is 57.9 Å². The number of phenols is 1. The van der Waals surface area contributed by atoms with E-state index in [9.17, 15) is 14.3 Å². The Hall–Kier alpha value is -3.15. The van der Waals surface area contributed by atoms with Crippen molar-refractivity contribution in [3.63, 3.8) is 0 Å². The molecule has 0 spiro atoms. The van der Waals surface area contributed by atoms with Crippen molar-refractivity contribution in [2.24, 2.45) is 0 Å². The molecule has 4 rings (SSSR count). The van der Waals surface area contributed by atoms with Crippen LogP contribution in [0.1, 0.15) is 31.5 Å². The molecule has 2 aliphatic heterocycles. The van der Waals surface area contributed by atoms with Gasteiger partial charge in [-0.2, -0.15) is 9.97 Å². The van der Waals surface area contributed by atoms with Gasteiger partial charge in [-0.3, -0.25) is 9.69 Å². The molecule has 10 nitrogen and oxygen atoms in total. The number of morpholine rings is 1.